The molecule has 0 radical (unpaired) electrons. The van der Waals surface area contributed by atoms with Gasteiger partial charge >= 0.3 is 0 Å². The van der Waals surface area contributed by atoms with Crippen LogP contribution in [0.3, 0.4) is 0 Å². The van der Waals surface area contributed by atoms with Crippen LogP contribution in [0.15, 0.2) is 58.5 Å². The number of hydrogen-bond donors (Lipinski definition) is 1. The summed E-state index contributed by atoms with van der Waals surface area (Å²) in [7, 11) is 1.65. The minimum absolute atomic E-state index is 0.119. The van der Waals surface area contributed by atoms with Crippen LogP contribution in [0.25, 0.3) is 16.0 Å². The summed E-state index contributed by atoms with van der Waals surface area (Å²) in [5.41, 5.74) is 2.88. The monoisotopic (exact) mass is 498 g/mol. The number of ether oxygens (including phenoxy) is 1. The Morgan fingerprint density at radius 1 is 1.24 bits per heavy atom. The van der Waals surface area contributed by atoms with Crippen LogP contribution in [-0.4, -0.2) is 32.4 Å². The summed E-state index contributed by atoms with van der Waals surface area (Å²) in [5, 5.41) is 3.32. The number of thiazole rings is 1. The summed E-state index contributed by atoms with van der Waals surface area (Å²) in [6.07, 6.45) is 0. The van der Waals surface area contributed by atoms with Crippen LogP contribution >= 0.6 is 35.3 Å². The lowest BCUT2D eigenvalue weighted by Gasteiger charge is -2.10. The second-order valence-electron chi connectivity index (χ2n) is 7.25. The van der Waals surface area contributed by atoms with Gasteiger partial charge in [-0.15, -0.1) is 0 Å². The minimum Gasteiger partial charge on any atom is -0.494 e. The molecule has 2 heterocycles. The molecule has 0 aliphatic carbocycles. The number of aromatic nitrogens is 3. The van der Waals surface area contributed by atoms with Crippen molar-refractivity contribution in [2.75, 3.05) is 17.7 Å². The second-order valence-corrected chi connectivity index (χ2v) is 9.83. The van der Waals surface area contributed by atoms with Gasteiger partial charge in [-0.25, -0.2) is 4.98 Å². The largest absolute Gasteiger partial charge is 0.494 e. The van der Waals surface area contributed by atoms with Crippen molar-refractivity contribution in [2.24, 2.45) is 7.05 Å². The van der Waals surface area contributed by atoms with Crippen molar-refractivity contribution in [3.63, 3.8) is 0 Å². The number of benzene rings is 2. The number of rotatable bonds is 7. The van der Waals surface area contributed by atoms with Gasteiger partial charge in [-0.3, -0.25) is 18.7 Å². The molecule has 7 nitrogen and oxygen atoms in total. The number of carbonyl (C=O) groups excluding carboxylic acids is 1. The Morgan fingerprint density at radius 3 is 2.70 bits per heavy atom. The van der Waals surface area contributed by atoms with E-state index < -0.39 is 0 Å². The molecular formula is C23H22N4O3S3. The highest BCUT2D eigenvalue weighted by molar-refractivity contribution is 7.99. The molecule has 1 N–H and O–H groups in total. The maximum Gasteiger partial charge on any atom is 0.273 e. The maximum atomic E-state index is 13.0. The number of aryl methyl sites for hydroxylation is 1. The second kappa shape index (κ2) is 9.90. The number of thioether (sulfide) groups is 1. The zero-order chi connectivity index (χ0) is 23.5. The molecule has 10 heteroatoms. The number of nitrogens with one attached hydrogen (secondary N) is 1. The molecule has 4 rings (SSSR count). The lowest BCUT2D eigenvalue weighted by atomic mass is 10.2. The highest BCUT2D eigenvalue weighted by atomic mass is 32.2. The van der Waals surface area contributed by atoms with Gasteiger partial charge in [0.1, 0.15) is 10.4 Å². The van der Waals surface area contributed by atoms with E-state index in [2.05, 4.69) is 5.32 Å². The fourth-order valence-electron chi connectivity index (χ4n) is 3.28. The summed E-state index contributed by atoms with van der Waals surface area (Å²) in [6, 6.07) is 15.1. The lowest BCUT2D eigenvalue weighted by Crippen LogP contribution is -2.21. The van der Waals surface area contributed by atoms with Gasteiger partial charge in [-0.1, -0.05) is 35.2 Å². The average Bonchev–Trinajstić information content (AvgIpc) is 3.12. The summed E-state index contributed by atoms with van der Waals surface area (Å²) in [4.78, 5) is 30.2. The van der Waals surface area contributed by atoms with Crippen LogP contribution in [0.1, 0.15) is 12.5 Å². The van der Waals surface area contributed by atoms with Crippen LogP contribution in [0.4, 0.5) is 5.69 Å². The van der Waals surface area contributed by atoms with Crippen molar-refractivity contribution < 1.29 is 9.53 Å². The molecule has 0 fully saturated rings. The summed E-state index contributed by atoms with van der Waals surface area (Å²) in [6.45, 7) is 4.47. The number of carbonyl (C=O) groups is 1. The van der Waals surface area contributed by atoms with Gasteiger partial charge in [-0.2, -0.15) is 0 Å². The zero-order valence-corrected chi connectivity index (χ0v) is 20.8. The van der Waals surface area contributed by atoms with Gasteiger partial charge in [-0.05, 0) is 68.0 Å². The molecule has 0 unspecified atom stereocenters. The Morgan fingerprint density at radius 2 is 2.00 bits per heavy atom. The molecule has 0 aliphatic heterocycles. The molecule has 2 aromatic heterocycles. The Kier molecular flexibility index (Phi) is 6.96. The number of fused-ring (bicyclic) bond motifs is 1. The number of hydrogen-bond acceptors (Lipinski definition) is 7. The highest BCUT2D eigenvalue weighted by Crippen LogP contribution is 2.26. The Balaban J connectivity index is 1.63. The first kappa shape index (κ1) is 23.2. The minimum atomic E-state index is -0.192. The molecule has 170 valence electrons. The standard InChI is InChI=1S/C23H22N4O3S3/c1-4-30-17-10-8-16(9-11-17)27-20-19(33-23(27)31)21(29)26(3)22(25-20)32-13-18(28)24-15-7-5-6-14(2)12-15/h5-12H,4,13H2,1-3H3,(H,24,28). The molecule has 33 heavy (non-hydrogen) atoms. The molecule has 4 aromatic rings. The van der Waals surface area contributed by atoms with Crippen LogP contribution in [-0.2, 0) is 11.8 Å². The van der Waals surface area contributed by atoms with Crippen molar-refractivity contribution in [1.29, 1.82) is 0 Å². The number of nitrogens with zero attached hydrogens (tertiary/aromatic N) is 3. The van der Waals surface area contributed by atoms with Gasteiger partial charge in [0.25, 0.3) is 5.56 Å². The van der Waals surface area contributed by atoms with Crippen LogP contribution in [0, 0.1) is 10.9 Å². The first-order chi connectivity index (χ1) is 15.9. The predicted octanol–water partition coefficient (Wildman–Crippen LogP) is 4.95. The molecule has 0 aliphatic rings. The van der Waals surface area contributed by atoms with Crippen LogP contribution in [0.2, 0.25) is 0 Å². The van der Waals surface area contributed by atoms with E-state index in [0.29, 0.717) is 26.1 Å². The van der Waals surface area contributed by atoms with E-state index in [9.17, 15) is 9.59 Å². The zero-order valence-electron chi connectivity index (χ0n) is 18.3. The Hall–Kier alpha value is -2.95. The van der Waals surface area contributed by atoms with E-state index in [4.69, 9.17) is 21.9 Å². The van der Waals surface area contributed by atoms with E-state index in [1.807, 2.05) is 62.4 Å². The van der Waals surface area contributed by atoms with E-state index in [0.717, 1.165) is 22.7 Å². The van der Waals surface area contributed by atoms with E-state index in [1.54, 1.807) is 11.6 Å². The van der Waals surface area contributed by atoms with Gasteiger partial charge in [0, 0.05) is 18.4 Å². The van der Waals surface area contributed by atoms with Gasteiger partial charge in [0.15, 0.2) is 14.8 Å². The predicted molar refractivity (Wildman–Crippen MR) is 137 cm³/mol. The first-order valence-corrected chi connectivity index (χ1v) is 12.4. The smallest absolute Gasteiger partial charge is 0.273 e. The highest BCUT2D eigenvalue weighted by Gasteiger charge is 2.17. The fraction of sp³-hybridized carbons (Fsp3) is 0.217. The molecule has 0 saturated carbocycles. The fourth-order valence-corrected chi connectivity index (χ4v) is 5.39. The first-order valence-electron chi connectivity index (χ1n) is 10.2. The summed E-state index contributed by atoms with van der Waals surface area (Å²) >= 11 is 7.98. The molecular weight excluding hydrogens is 476 g/mol. The lowest BCUT2D eigenvalue weighted by molar-refractivity contribution is -0.113. The molecule has 0 atom stereocenters. The van der Waals surface area contributed by atoms with Crippen molar-refractivity contribution in [3.05, 3.63) is 68.4 Å². The molecule has 0 bridgehead atoms. The van der Waals surface area contributed by atoms with Crippen molar-refractivity contribution in [1.82, 2.24) is 14.1 Å². The maximum absolute atomic E-state index is 13.0. The van der Waals surface area contributed by atoms with Crippen LogP contribution < -0.4 is 15.6 Å². The van der Waals surface area contributed by atoms with Crippen LogP contribution in [0.5, 0.6) is 5.75 Å². The molecule has 0 spiro atoms. The topological polar surface area (TPSA) is 78.1 Å². The van der Waals surface area contributed by atoms with E-state index in [1.165, 1.54) is 27.7 Å². The van der Waals surface area contributed by atoms with E-state index >= 15 is 0 Å². The van der Waals surface area contributed by atoms with Gasteiger partial charge < -0.3 is 10.1 Å². The molecule has 1 amide bonds. The third kappa shape index (κ3) is 5.02. The Bertz CT molecular complexity index is 1440. The molecule has 0 saturated heterocycles. The third-order valence-electron chi connectivity index (χ3n) is 4.81. The SMILES string of the molecule is CCOc1ccc(-n2c(=S)sc3c(=O)n(C)c(SCC(=O)Nc4cccc(C)c4)nc32)cc1. The van der Waals surface area contributed by atoms with Crippen molar-refractivity contribution in [3.8, 4) is 11.4 Å². The van der Waals surface area contributed by atoms with Gasteiger partial charge in [0.05, 0.1) is 12.4 Å². The molecule has 2 aromatic carbocycles. The normalized spacial score (nSPS) is 11.0. The third-order valence-corrected chi connectivity index (χ3v) is 7.20. The average molecular weight is 499 g/mol. The van der Waals surface area contributed by atoms with Crippen molar-refractivity contribution in [2.45, 2.75) is 19.0 Å². The number of amides is 1. The summed E-state index contributed by atoms with van der Waals surface area (Å²) in [5.74, 6) is 0.703. The quantitative estimate of drug-likeness (QED) is 0.221. The van der Waals surface area contributed by atoms with Crippen molar-refractivity contribution >= 4 is 57.3 Å². The van der Waals surface area contributed by atoms with E-state index in [-0.39, 0.29) is 17.2 Å². The summed E-state index contributed by atoms with van der Waals surface area (Å²) < 4.78 is 9.75. The number of anilines is 1. The van der Waals surface area contributed by atoms with Gasteiger partial charge in [0.2, 0.25) is 5.91 Å². The Labute approximate surface area is 204 Å².